The Morgan fingerprint density at radius 2 is 2.17 bits per heavy atom. The van der Waals surface area contributed by atoms with E-state index in [2.05, 4.69) is 22.1 Å². The van der Waals surface area contributed by atoms with Crippen LogP contribution in [0.15, 0.2) is 41.3 Å². The SMILES string of the molecule is C=CCSc1nnc(NC(=O)[C@H](CC)Oc2ccc(C)cc2)s1. The number of nitrogens with one attached hydrogen (secondary N) is 1. The summed E-state index contributed by atoms with van der Waals surface area (Å²) in [5.41, 5.74) is 1.15. The molecule has 7 heteroatoms. The maximum absolute atomic E-state index is 12.3. The molecule has 23 heavy (non-hydrogen) atoms. The van der Waals surface area contributed by atoms with Gasteiger partial charge in [0.15, 0.2) is 10.4 Å². The van der Waals surface area contributed by atoms with Crippen molar-refractivity contribution >= 4 is 34.1 Å². The summed E-state index contributed by atoms with van der Waals surface area (Å²) in [5.74, 6) is 1.22. The molecule has 2 rings (SSSR count). The zero-order chi connectivity index (χ0) is 16.7. The summed E-state index contributed by atoms with van der Waals surface area (Å²) < 4.78 is 6.55. The van der Waals surface area contributed by atoms with Gasteiger partial charge in [-0.2, -0.15) is 0 Å². The third kappa shape index (κ3) is 5.37. The van der Waals surface area contributed by atoms with Gasteiger partial charge in [0.25, 0.3) is 5.91 Å². The largest absolute Gasteiger partial charge is 0.481 e. The second kappa shape index (κ2) is 8.69. The summed E-state index contributed by atoms with van der Waals surface area (Å²) in [4.78, 5) is 12.3. The van der Waals surface area contributed by atoms with Crippen LogP contribution >= 0.6 is 23.1 Å². The number of nitrogens with zero attached hydrogens (tertiary/aromatic N) is 2. The summed E-state index contributed by atoms with van der Waals surface area (Å²) in [6, 6.07) is 7.63. The Hall–Kier alpha value is -1.86. The fourth-order valence-corrected chi connectivity index (χ4v) is 3.25. The number of thioether (sulfide) groups is 1. The molecule has 0 radical (unpaired) electrons. The molecular weight excluding hydrogens is 330 g/mol. The van der Waals surface area contributed by atoms with E-state index in [9.17, 15) is 4.79 Å². The van der Waals surface area contributed by atoms with Crippen LogP contribution in [-0.2, 0) is 4.79 Å². The zero-order valence-electron chi connectivity index (χ0n) is 13.1. The quantitative estimate of drug-likeness (QED) is 0.444. The molecule has 0 saturated carbocycles. The predicted molar refractivity (Wildman–Crippen MR) is 95.3 cm³/mol. The number of rotatable bonds is 8. The van der Waals surface area contributed by atoms with E-state index < -0.39 is 6.10 Å². The molecular formula is C16H19N3O2S2. The van der Waals surface area contributed by atoms with E-state index in [1.807, 2.05) is 38.1 Å². The zero-order valence-corrected chi connectivity index (χ0v) is 14.7. The second-order valence-electron chi connectivity index (χ2n) is 4.79. The summed E-state index contributed by atoms with van der Waals surface area (Å²) in [5, 5.41) is 11.2. The standard InChI is InChI=1S/C16H19N3O2S2/c1-4-10-22-16-19-18-15(23-16)17-14(20)13(5-2)21-12-8-6-11(3)7-9-12/h4,6-9,13H,1,5,10H2,2-3H3,(H,17,18,20)/t13-/m0/s1. The molecule has 1 atom stereocenters. The van der Waals surface area contributed by atoms with Gasteiger partial charge in [0, 0.05) is 5.75 Å². The molecule has 0 aliphatic carbocycles. The molecule has 0 aliphatic rings. The third-order valence-corrected chi connectivity index (χ3v) is 4.89. The first-order valence-corrected chi connectivity index (χ1v) is 9.04. The number of aryl methyl sites for hydroxylation is 1. The predicted octanol–water partition coefficient (Wildman–Crippen LogP) is 3.92. The first kappa shape index (κ1) is 17.5. The first-order valence-electron chi connectivity index (χ1n) is 7.23. The van der Waals surface area contributed by atoms with Gasteiger partial charge in [-0.3, -0.25) is 10.1 Å². The van der Waals surface area contributed by atoms with Crippen molar-refractivity contribution in [3.05, 3.63) is 42.5 Å². The normalized spacial score (nSPS) is 11.7. The minimum Gasteiger partial charge on any atom is -0.481 e. The number of hydrogen-bond acceptors (Lipinski definition) is 6. The smallest absolute Gasteiger partial charge is 0.267 e. The fourth-order valence-electron chi connectivity index (χ4n) is 1.74. The van der Waals surface area contributed by atoms with Crippen LogP contribution in [0.3, 0.4) is 0 Å². The van der Waals surface area contributed by atoms with Crippen molar-refractivity contribution in [2.45, 2.75) is 30.7 Å². The van der Waals surface area contributed by atoms with Crippen molar-refractivity contribution < 1.29 is 9.53 Å². The van der Waals surface area contributed by atoms with Crippen molar-refractivity contribution in [2.75, 3.05) is 11.1 Å². The lowest BCUT2D eigenvalue weighted by atomic mass is 10.2. The number of ether oxygens (including phenoxy) is 1. The Morgan fingerprint density at radius 3 is 2.83 bits per heavy atom. The van der Waals surface area contributed by atoms with E-state index >= 15 is 0 Å². The highest BCUT2D eigenvalue weighted by Gasteiger charge is 2.20. The molecule has 1 aromatic heterocycles. The molecule has 122 valence electrons. The molecule has 1 N–H and O–H groups in total. The van der Waals surface area contributed by atoms with Gasteiger partial charge in [0.2, 0.25) is 5.13 Å². The van der Waals surface area contributed by atoms with E-state index in [4.69, 9.17) is 4.74 Å². The van der Waals surface area contributed by atoms with Crippen LogP contribution < -0.4 is 10.1 Å². The molecule has 0 aliphatic heterocycles. The average Bonchev–Trinajstić information content (AvgIpc) is 2.99. The van der Waals surface area contributed by atoms with Crippen LogP contribution in [0.1, 0.15) is 18.9 Å². The number of hydrogen-bond donors (Lipinski definition) is 1. The lowest BCUT2D eigenvalue weighted by molar-refractivity contribution is -0.122. The highest BCUT2D eigenvalue weighted by atomic mass is 32.2. The number of carbonyl (C=O) groups excluding carboxylic acids is 1. The van der Waals surface area contributed by atoms with Crippen LogP contribution in [-0.4, -0.2) is 28.0 Å². The minimum absolute atomic E-state index is 0.218. The van der Waals surface area contributed by atoms with Crippen molar-refractivity contribution in [3.8, 4) is 5.75 Å². The average molecular weight is 349 g/mol. The lowest BCUT2D eigenvalue weighted by Gasteiger charge is -2.16. The Kier molecular flexibility index (Phi) is 6.61. The summed E-state index contributed by atoms with van der Waals surface area (Å²) >= 11 is 2.87. The van der Waals surface area contributed by atoms with Gasteiger partial charge in [-0.15, -0.1) is 16.8 Å². The van der Waals surface area contributed by atoms with Crippen LogP contribution in [0.2, 0.25) is 0 Å². The molecule has 5 nitrogen and oxygen atoms in total. The molecule has 0 unspecified atom stereocenters. The first-order chi connectivity index (χ1) is 11.1. The second-order valence-corrected chi connectivity index (χ2v) is 7.03. The lowest BCUT2D eigenvalue weighted by Crippen LogP contribution is -2.32. The van der Waals surface area contributed by atoms with Crippen LogP contribution in [0.5, 0.6) is 5.75 Å². The fraction of sp³-hybridized carbons (Fsp3) is 0.312. The summed E-state index contributed by atoms with van der Waals surface area (Å²) in [6.45, 7) is 7.57. The number of anilines is 1. The number of benzene rings is 1. The van der Waals surface area contributed by atoms with E-state index in [1.165, 1.54) is 23.1 Å². The van der Waals surface area contributed by atoms with E-state index in [0.717, 1.165) is 15.7 Å². The van der Waals surface area contributed by atoms with E-state index in [1.54, 1.807) is 6.08 Å². The van der Waals surface area contributed by atoms with Crippen molar-refractivity contribution in [3.63, 3.8) is 0 Å². The monoisotopic (exact) mass is 349 g/mol. The van der Waals surface area contributed by atoms with Crippen molar-refractivity contribution in [2.24, 2.45) is 0 Å². The van der Waals surface area contributed by atoms with Gasteiger partial charge in [0.05, 0.1) is 0 Å². The summed E-state index contributed by atoms with van der Waals surface area (Å²) in [6.07, 6.45) is 1.80. The summed E-state index contributed by atoms with van der Waals surface area (Å²) in [7, 11) is 0. The number of amides is 1. The van der Waals surface area contributed by atoms with Gasteiger partial charge < -0.3 is 4.74 Å². The Bertz CT molecular complexity index is 656. The van der Waals surface area contributed by atoms with Crippen molar-refractivity contribution in [1.29, 1.82) is 0 Å². The topological polar surface area (TPSA) is 64.1 Å². The highest BCUT2D eigenvalue weighted by molar-refractivity contribution is 8.01. The molecule has 2 aromatic rings. The Labute approximate surface area is 144 Å². The Morgan fingerprint density at radius 1 is 1.43 bits per heavy atom. The van der Waals surface area contributed by atoms with Gasteiger partial charge in [-0.1, -0.05) is 53.8 Å². The van der Waals surface area contributed by atoms with E-state index in [-0.39, 0.29) is 5.91 Å². The van der Waals surface area contributed by atoms with Crippen LogP contribution in [0.25, 0.3) is 0 Å². The molecule has 0 fully saturated rings. The van der Waals surface area contributed by atoms with Gasteiger partial charge >= 0.3 is 0 Å². The minimum atomic E-state index is -0.564. The van der Waals surface area contributed by atoms with Crippen LogP contribution in [0, 0.1) is 6.92 Å². The molecule has 0 bridgehead atoms. The Balaban J connectivity index is 1.95. The molecule has 1 aromatic carbocycles. The van der Waals surface area contributed by atoms with Gasteiger partial charge in [0.1, 0.15) is 5.75 Å². The van der Waals surface area contributed by atoms with Crippen molar-refractivity contribution in [1.82, 2.24) is 10.2 Å². The van der Waals surface area contributed by atoms with Crippen LogP contribution in [0.4, 0.5) is 5.13 Å². The maximum atomic E-state index is 12.3. The van der Waals surface area contributed by atoms with Gasteiger partial charge in [-0.25, -0.2) is 0 Å². The van der Waals surface area contributed by atoms with Gasteiger partial charge in [-0.05, 0) is 25.5 Å². The number of aromatic nitrogens is 2. The molecule has 1 amide bonds. The maximum Gasteiger partial charge on any atom is 0.267 e. The molecule has 0 saturated heterocycles. The van der Waals surface area contributed by atoms with E-state index in [0.29, 0.717) is 17.3 Å². The molecule has 1 heterocycles. The highest BCUT2D eigenvalue weighted by Crippen LogP contribution is 2.25. The third-order valence-electron chi connectivity index (χ3n) is 2.92. The molecule has 0 spiro atoms. The number of carbonyl (C=O) groups is 1.